The predicted molar refractivity (Wildman–Crippen MR) is 122 cm³/mol. The van der Waals surface area contributed by atoms with Crippen LogP contribution in [0.2, 0.25) is 0 Å². The Kier molecular flexibility index (Phi) is 8.12. The average molecular weight is 413 g/mol. The van der Waals surface area contributed by atoms with Crippen molar-refractivity contribution < 1.29 is 14.3 Å². The standard InChI is InChI=1S/C23H32N4O3/c1-5-15(30-6-2)13-27-23(28)22(26)21(25)17-9-7-8-16(20(17)24)18-12-14(3)10-11-19(18)29-4/h7-12,15H,5-6,13,24-26H2,1-4H3,(H,27,28)/b22-21+. The molecule has 2 rings (SSSR count). The Morgan fingerprint density at radius 2 is 1.87 bits per heavy atom. The molecule has 2 aromatic carbocycles. The molecule has 0 aliphatic carbocycles. The summed E-state index contributed by atoms with van der Waals surface area (Å²) in [5.74, 6) is 0.239. The second-order valence-corrected chi connectivity index (χ2v) is 6.99. The quantitative estimate of drug-likeness (QED) is 0.371. The highest BCUT2D eigenvalue weighted by molar-refractivity contribution is 6.01. The van der Waals surface area contributed by atoms with Crippen LogP contribution in [0.3, 0.4) is 0 Å². The van der Waals surface area contributed by atoms with Crippen LogP contribution in [0.25, 0.3) is 16.8 Å². The molecule has 162 valence electrons. The number of carbonyl (C=O) groups is 1. The van der Waals surface area contributed by atoms with Crippen LogP contribution in [0.4, 0.5) is 5.69 Å². The van der Waals surface area contributed by atoms with E-state index < -0.39 is 5.91 Å². The van der Waals surface area contributed by atoms with Crippen LogP contribution in [0.5, 0.6) is 5.75 Å². The minimum Gasteiger partial charge on any atom is -0.496 e. The van der Waals surface area contributed by atoms with Crippen LogP contribution >= 0.6 is 0 Å². The number of ether oxygens (including phenoxy) is 2. The predicted octanol–water partition coefficient (Wildman–Crippen LogP) is 2.77. The Labute approximate surface area is 178 Å². The number of rotatable bonds is 9. The van der Waals surface area contributed by atoms with Crippen molar-refractivity contribution in [2.75, 3.05) is 26.0 Å². The van der Waals surface area contributed by atoms with Gasteiger partial charge in [0.2, 0.25) is 0 Å². The molecule has 0 radical (unpaired) electrons. The van der Waals surface area contributed by atoms with Crippen LogP contribution in [-0.2, 0) is 9.53 Å². The molecule has 0 saturated heterocycles. The maximum atomic E-state index is 12.5. The number of aryl methyl sites for hydroxylation is 1. The maximum absolute atomic E-state index is 12.5. The molecular formula is C23H32N4O3. The summed E-state index contributed by atoms with van der Waals surface area (Å²) in [7, 11) is 1.61. The fourth-order valence-corrected chi connectivity index (χ4v) is 3.19. The number of nitrogens with two attached hydrogens (primary N) is 3. The molecule has 0 aliphatic heterocycles. The first-order valence-electron chi connectivity index (χ1n) is 10.0. The number of nitrogen functional groups attached to an aromatic ring is 1. The van der Waals surface area contributed by atoms with Gasteiger partial charge in [-0.25, -0.2) is 0 Å². The third kappa shape index (κ3) is 5.24. The zero-order chi connectivity index (χ0) is 22.3. The molecule has 0 spiro atoms. The number of anilines is 1. The number of para-hydroxylation sites is 1. The first-order chi connectivity index (χ1) is 14.3. The van der Waals surface area contributed by atoms with E-state index in [-0.39, 0.29) is 17.5 Å². The molecule has 0 aromatic heterocycles. The lowest BCUT2D eigenvalue weighted by molar-refractivity contribution is -0.118. The summed E-state index contributed by atoms with van der Waals surface area (Å²) in [5, 5.41) is 2.77. The maximum Gasteiger partial charge on any atom is 0.269 e. The van der Waals surface area contributed by atoms with Gasteiger partial charge in [-0.3, -0.25) is 4.79 Å². The topological polar surface area (TPSA) is 126 Å². The van der Waals surface area contributed by atoms with Gasteiger partial charge in [0, 0.05) is 35.5 Å². The minimum atomic E-state index is -0.455. The summed E-state index contributed by atoms with van der Waals surface area (Å²) in [4.78, 5) is 12.5. The summed E-state index contributed by atoms with van der Waals surface area (Å²) < 4.78 is 11.0. The number of nitrogens with one attached hydrogen (secondary N) is 1. The van der Waals surface area contributed by atoms with Crippen LogP contribution in [0.1, 0.15) is 31.4 Å². The molecule has 0 saturated carbocycles. The molecule has 1 amide bonds. The fraction of sp³-hybridized carbons (Fsp3) is 0.348. The van der Waals surface area contributed by atoms with Gasteiger partial charge in [0.1, 0.15) is 11.4 Å². The highest BCUT2D eigenvalue weighted by Crippen LogP contribution is 2.37. The van der Waals surface area contributed by atoms with E-state index in [1.807, 2.05) is 51.1 Å². The van der Waals surface area contributed by atoms with E-state index in [0.29, 0.717) is 30.2 Å². The Morgan fingerprint density at radius 1 is 1.13 bits per heavy atom. The first-order valence-corrected chi connectivity index (χ1v) is 10.0. The average Bonchev–Trinajstić information content (AvgIpc) is 2.75. The monoisotopic (exact) mass is 412 g/mol. The van der Waals surface area contributed by atoms with E-state index in [1.54, 1.807) is 13.2 Å². The SMILES string of the molecule is CCOC(CC)CNC(=O)/C(N)=C(\N)c1cccc(-c2cc(C)ccc2OC)c1N. The zero-order valence-electron chi connectivity index (χ0n) is 18.1. The molecule has 1 atom stereocenters. The van der Waals surface area contributed by atoms with Crippen LogP contribution in [-0.4, -0.2) is 32.3 Å². The molecule has 0 bridgehead atoms. The summed E-state index contributed by atoms with van der Waals surface area (Å²) in [6, 6.07) is 11.3. The molecule has 0 fully saturated rings. The molecular weight excluding hydrogens is 380 g/mol. The van der Waals surface area contributed by atoms with Crippen molar-refractivity contribution in [3.05, 3.63) is 53.2 Å². The fourth-order valence-electron chi connectivity index (χ4n) is 3.19. The van der Waals surface area contributed by atoms with Gasteiger partial charge >= 0.3 is 0 Å². The number of benzene rings is 2. The van der Waals surface area contributed by atoms with Gasteiger partial charge in [-0.15, -0.1) is 0 Å². The van der Waals surface area contributed by atoms with Crippen LogP contribution in [0.15, 0.2) is 42.1 Å². The third-order valence-corrected chi connectivity index (χ3v) is 4.92. The van der Waals surface area contributed by atoms with Gasteiger partial charge in [0.15, 0.2) is 0 Å². The number of hydrogen-bond acceptors (Lipinski definition) is 6. The van der Waals surface area contributed by atoms with Crippen molar-refractivity contribution in [2.24, 2.45) is 11.5 Å². The van der Waals surface area contributed by atoms with Crippen LogP contribution in [0, 0.1) is 6.92 Å². The van der Waals surface area contributed by atoms with E-state index >= 15 is 0 Å². The minimum absolute atomic E-state index is 0.0739. The van der Waals surface area contributed by atoms with Crippen molar-refractivity contribution in [2.45, 2.75) is 33.3 Å². The van der Waals surface area contributed by atoms with E-state index in [4.69, 9.17) is 26.7 Å². The van der Waals surface area contributed by atoms with E-state index in [1.165, 1.54) is 0 Å². The van der Waals surface area contributed by atoms with Gasteiger partial charge in [0.05, 0.1) is 18.9 Å². The summed E-state index contributed by atoms with van der Waals surface area (Å²) >= 11 is 0. The second-order valence-electron chi connectivity index (χ2n) is 6.99. The Balaban J connectivity index is 2.36. The molecule has 7 heteroatoms. The molecule has 2 aromatic rings. The Bertz CT molecular complexity index is 925. The van der Waals surface area contributed by atoms with Gasteiger partial charge in [-0.05, 0) is 32.4 Å². The smallest absolute Gasteiger partial charge is 0.269 e. The van der Waals surface area contributed by atoms with Crippen molar-refractivity contribution >= 4 is 17.3 Å². The van der Waals surface area contributed by atoms with Gasteiger partial charge < -0.3 is 32.0 Å². The van der Waals surface area contributed by atoms with Crippen molar-refractivity contribution in [3.8, 4) is 16.9 Å². The molecule has 30 heavy (non-hydrogen) atoms. The first kappa shape index (κ1) is 23.1. The van der Waals surface area contributed by atoms with Gasteiger partial charge in [-0.2, -0.15) is 0 Å². The molecule has 0 aliphatic rings. The summed E-state index contributed by atoms with van der Waals surface area (Å²) in [6.07, 6.45) is 0.704. The Hall–Kier alpha value is -3.19. The normalized spacial score (nSPS) is 12.8. The van der Waals surface area contributed by atoms with E-state index in [2.05, 4.69) is 5.32 Å². The Morgan fingerprint density at radius 3 is 2.50 bits per heavy atom. The van der Waals surface area contributed by atoms with E-state index in [9.17, 15) is 4.79 Å². The lowest BCUT2D eigenvalue weighted by Gasteiger charge is -2.17. The van der Waals surface area contributed by atoms with Crippen molar-refractivity contribution in [3.63, 3.8) is 0 Å². The lowest BCUT2D eigenvalue weighted by Crippen LogP contribution is -2.37. The number of amides is 1. The van der Waals surface area contributed by atoms with Gasteiger partial charge in [-0.1, -0.05) is 36.8 Å². The van der Waals surface area contributed by atoms with E-state index in [0.717, 1.165) is 23.1 Å². The molecule has 7 nitrogen and oxygen atoms in total. The lowest BCUT2D eigenvalue weighted by atomic mass is 9.96. The molecule has 7 N–H and O–H groups in total. The number of carbonyl (C=O) groups excluding carboxylic acids is 1. The summed E-state index contributed by atoms with van der Waals surface area (Å²) in [6.45, 7) is 6.83. The third-order valence-electron chi connectivity index (χ3n) is 4.92. The summed E-state index contributed by atoms with van der Waals surface area (Å²) in [5.41, 5.74) is 22.4. The van der Waals surface area contributed by atoms with Crippen molar-refractivity contribution in [1.82, 2.24) is 5.32 Å². The molecule has 0 heterocycles. The van der Waals surface area contributed by atoms with Crippen molar-refractivity contribution in [1.29, 1.82) is 0 Å². The highest BCUT2D eigenvalue weighted by Gasteiger charge is 2.18. The largest absolute Gasteiger partial charge is 0.496 e. The van der Waals surface area contributed by atoms with Gasteiger partial charge in [0.25, 0.3) is 5.91 Å². The second kappa shape index (κ2) is 10.5. The number of methoxy groups -OCH3 is 1. The zero-order valence-corrected chi connectivity index (χ0v) is 18.1. The highest BCUT2D eigenvalue weighted by atomic mass is 16.5. The van der Waals surface area contributed by atoms with Crippen LogP contribution < -0.4 is 27.3 Å². The molecule has 1 unspecified atom stereocenters. The number of hydrogen-bond donors (Lipinski definition) is 4.